The summed E-state index contributed by atoms with van der Waals surface area (Å²) in [5, 5.41) is 5.52. The Kier molecular flexibility index (Phi) is 3.40. The number of nitrogens with zero attached hydrogens (tertiary/aromatic N) is 3. The molecule has 18 heavy (non-hydrogen) atoms. The van der Waals surface area contributed by atoms with Crippen LogP contribution in [0.3, 0.4) is 0 Å². The van der Waals surface area contributed by atoms with Crippen LogP contribution < -0.4 is 5.32 Å². The summed E-state index contributed by atoms with van der Waals surface area (Å²) in [5.74, 6) is -6.37. The average Bonchev–Trinajstić information content (AvgIpc) is 2.84. The fourth-order valence-corrected chi connectivity index (χ4v) is 1.24. The van der Waals surface area contributed by atoms with Crippen LogP contribution in [0.4, 0.5) is 23.2 Å². The van der Waals surface area contributed by atoms with Gasteiger partial charge in [0.15, 0.2) is 6.33 Å². The lowest BCUT2D eigenvalue weighted by atomic mass is 10.3. The molecule has 96 valence electrons. The average molecular weight is 262 g/mol. The monoisotopic (exact) mass is 262 g/mol. The third kappa shape index (κ3) is 2.39. The number of hydrogen-bond donors (Lipinski definition) is 1. The molecule has 2 aromatic rings. The summed E-state index contributed by atoms with van der Waals surface area (Å²) < 4.78 is 56.4. The van der Waals surface area contributed by atoms with E-state index in [4.69, 9.17) is 0 Å². The molecule has 0 saturated heterocycles. The molecule has 0 saturated carbocycles. The van der Waals surface area contributed by atoms with Gasteiger partial charge in [-0.05, 0) is 0 Å². The van der Waals surface area contributed by atoms with Gasteiger partial charge in [-0.15, -0.1) is 0 Å². The van der Waals surface area contributed by atoms with E-state index in [-0.39, 0.29) is 18.9 Å². The Labute approximate surface area is 97.8 Å². The summed E-state index contributed by atoms with van der Waals surface area (Å²) in [6.07, 6.45) is 1.30. The zero-order valence-electron chi connectivity index (χ0n) is 8.75. The number of aromatic nitrogens is 3. The van der Waals surface area contributed by atoms with Gasteiger partial charge in [-0.3, -0.25) is 0 Å². The van der Waals surface area contributed by atoms with Crippen LogP contribution in [-0.4, -0.2) is 21.7 Å². The highest BCUT2D eigenvalue weighted by molar-refractivity contribution is 5.45. The van der Waals surface area contributed by atoms with Gasteiger partial charge in [-0.2, -0.15) is 27.5 Å². The maximum atomic E-state index is 13.2. The smallest absolute Gasteiger partial charge is 0.253 e. The van der Waals surface area contributed by atoms with E-state index in [1.165, 1.54) is 0 Å². The molecule has 9 heteroatoms. The van der Waals surface area contributed by atoms with Gasteiger partial charge in [0.1, 0.15) is 5.69 Å². The van der Waals surface area contributed by atoms with E-state index in [1.54, 1.807) is 0 Å². The highest BCUT2D eigenvalue weighted by Gasteiger charge is 2.20. The third-order valence-electron chi connectivity index (χ3n) is 2.05. The molecule has 0 bridgehead atoms. The minimum Gasteiger partial charge on any atom is -0.379 e. The summed E-state index contributed by atoms with van der Waals surface area (Å²) in [6.45, 7) is -0.0427. The van der Waals surface area contributed by atoms with Crippen molar-refractivity contribution >= 4 is 5.69 Å². The summed E-state index contributed by atoms with van der Waals surface area (Å²) in [7, 11) is 0. The molecule has 0 fully saturated rings. The SMILES string of the molecule is Fc1nc(F)c(F)c(NCCc2ncno2)c1F. The second-order valence-electron chi connectivity index (χ2n) is 3.21. The first-order valence-electron chi connectivity index (χ1n) is 4.79. The molecule has 1 N–H and O–H groups in total. The molecule has 2 heterocycles. The first-order valence-corrected chi connectivity index (χ1v) is 4.79. The van der Waals surface area contributed by atoms with E-state index in [0.717, 1.165) is 6.33 Å². The van der Waals surface area contributed by atoms with E-state index in [1.807, 2.05) is 0 Å². The fraction of sp³-hybridized carbons (Fsp3) is 0.222. The highest BCUT2D eigenvalue weighted by atomic mass is 19.2. The minimum atomic E-state index is -1.71. The number of hydrogen-bond acceptors (Lipinski definition) is 5. The molecule has 0 aliphatic rings. The van der Waals surface area contributed by atoms with Crippen LogP contribution in [0.1, 0.15) is 5.89 Å². The molecular weight excluding hydrogens is 256 g/mol. The van der Waals surface area contributed by atoms with Crippen molar-refractivity contribution in [2.24, 2.45) is 0 Å². The maximum absolute atomic E-state index is 13.2. The van der Waals surface area contributed by atoms with Crippen molar-refractivity contribution in [1.29, 1.82) is 0 Å². The van der Waals surface area contributed by atoms with Crippen molar-refractivity contribution < 1.29 is 22.1 Å². The van der Waals surface area contributed by atoms with Gasteiger partial charge in [0.2, 0.25) is 17.5 Å². The maximum Gasteiger partial charge on any atom is 0.253 e. The molecule has 0 amide bonds. The number of pyridine rings is 1. The first kappa shape index (κ1) is 12.3. The topological polar surface area (TPSA) is 63.8 Å². The molecular formula is C9H6F4N4O. The van der Waals surface area contributed by atoms with Crippen LogP contribution in [0.5, 0.6) is 0 Å². The number of anilines is 1. The largest absolute Gasteiger partial charge is 0.379 e. The van der Waals surface area contributed by atoms with Crippen molar-refractivity contribution in [2.45, 2.75) is 6.42 Å². The van der Waals surface area contributed by atoms with Gasteiger partial charge in [-0.1, -0.05) is 5.16 Å². The Morgan fingerprint density at radius 2 is 1.78 bits per heavy atom. The quantitative estimate of drug-likeness (QED) is 0.670. The Morgan fingerprint density at radius 3 is 2.33 bits per heavy atom. The molecule has 0 aromatic carbocycles. The number of halogens is 4. The second kappa shape index (κ2) is 4.98. The van der Waals surface area contributed by atoms with Gasteiger partial charge >= 0.3 is 0 Å². The molecule has 0 unspecified atom stereocenters. The molecule has 0 aliphatic carbocycles. The van der Waals surface area contributed by atoms with Crippen LogP contribution in [0.25, 0.3) is 0 Å². The molecule has 0 atom stereocenters. The lowest BCUT2D eigenvalue weighted by Gasteiger charge is -2.07. The van der Waals surface area contributed by atoms with Gasteiger partial charge < -0.3 is 9.84 Å². The lowest BCUT2D eigenvalue weighted by molar-refractivity contribution is 0.379. The number of nitrogens with one attached hydrogen (secondary N) is 1. The predicted octanol–water partition coefficient (Wildman–Crippen LogP) is 1.68. The van der Waals surface area contributed by atoms with E-state index < -0.39 is 29.2 Å². The standard InChI is InChI=1S/C9H6F4N4O/c10-5-7(6(11)9(13)17-8(5)12)14-2-1-4-15-3-16-18-4/h3H,1-2H2,(H,14,17). The minimum absolute atomic E-state index is 0.0427. The van der Waals surface area contributed by atoms with E-state index in [2.05, 4.69) is 25.0 Å². The van der Waals surface area contributed by atoms with Gasteiger partial charge in [0, 0.05) is 13.0 Å². The van der Waals surface area contributed by atoms with Crippen LogP contribution in [0.15, 0.2) is 10.9 Å². The van der Waals surface area contributed by atoms with Gasteiger partial charge in [-0.25, -0.2) is 0 Å². The summed E-state index contributed by atoms with van der Waals surface area (Å²) in [4.78, 5) is 6.09. The van der Waals surface area contributed by atoms with Crippen molar-refractivity contribution in [3.63, 3.8) is 0 Å². The van der Waals surface area contributed by atoms with Gasteiger partial charge in [0.25, 0.3) is 11.9 Å². The van der Waals surface area contributed by atoms with Crippen LogP contribution in [0.2, 0.25) is 0 Å². The summed E-state index contributed by atoms with van der Waals surface area (Å²) >= 11 is 0. The Bertz CT molecular complexity index is 520. The van der Waals surface area contributed by atoms with Crippen LogP contribution >= 0.6 is 0 Å². The molecule has 2 rings (SSSR count). The predicted molar refractivity (Wildman–Crippen MR) is 50.6 cm³/mol. The molecule has 0 radical (unpaired) electrons. The van der Waals surface area contributed by atoms with Crippen LogP contribution in [0, 0.1) is 23.5 Å². The summed E-state index contributed by atoms with van der Waals surface area (Å²) in [6, 6.07) is 0. The van der Waals surface area contributed by atoms with Crippen molar-refractivity contribution in [1.82, 2.24) is 15.1 Å². The van der Waals surface area contributed by atoms with Crippen LogP contribution in [-0.2, 0) is 6.42 Å². The van der Waals surface area contributed by atoms with Gasteiger partial charge in [0.05, 0.1) is 0 Å². The zero-order valence-corrected chi connectivity index (χ0v) is 8.75. The Hall–Kier alpha value is -2.19. The van der Waals surface area contributed by atoms with E-state index in [0.29, 0.717) is 0 Å². The first-order chi connectivity index (χ1) is 8.59. The zero-order chi connectivity index (χ0) is 13.1. The second-order valence-corrected chi connectivity index (χ2v) is 3.21. The third-order valence-corrected chi connectivity index (χ3v) is 2.05. The van der Waals surface area contributed by atoms with Crippen molar-refractivity contribution in [2.75, 3.05) is 11.9 Å². The van der Waals surface area contributed by atoms with Crippen molar-refractivity contribution in [3.05, 3.63) is 35.7 Å². The Morgan fingerprint density at radius 1 is 1.11 bits per heavy atom. The molecule has 0 aliphatic heterocycles. The fourth-order valence-electron chi connectivity index (χ4n) is 1.24. The lowest BCUT2D eigenvalue weighted by Crippen LogP contribution is -2.12. The Balaban J connectivity index is 2.09. The summed E-state index contributed by atoms with van der Waals surface area (Å²) in [5.41, 5.74) is -0.917. The normalized spacial score (nSPS) is 10.7. The van der Waals surface area contributed by atoms with Crippen molar-refractivity contribution in [3.8, 4) is 0 Å². The molecule has 0 spiro atoms. The van der Waals surface area contributed by atoms with E-state index in [9.17, 15) is 17.6 Å². The highest BCUT2D eigenvalue weighted by Crippen LogP contribution is 2.21. The van der Waals surface area contributed by atoms with E-state index >= 15 is 0 Å². The number of rotatable bonds is 4. The molecule has 2 aromatic heterocycles. The molecule has 5 nitrogen and oxygen atoms in total.